The largest absolute Gasteiger partial charge is 0.456 e. The van der Waals surface area contributed by atoms with Gasteiger partial charge in [0.15, 0.2) is 0 Å². The number of hydrogen-bond acceptors (Lipinski definition) is 4. The predicted molar refractivity (Wildman–Crippen MR) is 194 cm³/mol. The number of anilines is 3. The number of pyridine rings is 1. The Kier molecular flexibility index (Phi) is 5.54. The first-order valence-electron chi connectivity index (χ1n) is 15.8. The van der Waals surface area contributed by atoms with Crippen LogP contribution in [0.3, 0.4) is 0 Å². The van der Waals surface area contributed by atoms with Crippen LogP contribution >= 0.6 is 0 Å². The maximum Gasteiger partial charge on any atom is 0.229 e. The van der Waals surface area contributed by atoms with Gasteiger partial charge in [0.1, 0.15) is 22.6 Å². The molecule has 7 aromatic carbocycles. The van der Waals surface area contributed by atoms with Gasteiger partial charge in [0.05, 0.1) is 5.69 Å². The van der Waals surface area contributed by atoms with Crippen LogP contribution in [0.1, 0.15) is 0 Å². The van der Waals surface area contributed by atoms with Gasteiger partial charge in [-0.15, -0.1) is 0 Å². The fourth-order valence-corrected chi connectivity index (χ4v) is 6.90. The van der Waals surface area contributed by atoms with Gasteiger partial charge in [-0.3, -0.25) is 4.90 Å². The monoisotopic (exact) mass is 602 g/mol. The van der Waals surface area contributed by atoms with Gasteiger partial charge in [0.2, 0.25) is 5.71 Å². The average Bonchev–Trinajstić information content (AvgIpc) is 3.67. The molecular weight excluding hydrogens is 576 g/mol. The lowest BCUT2D eigenvalue weighted by Crippen LogP contribution is -2.11. The quantitative estimate of drug-likeness (QED) is 0.201. The van der Waals surface area contributed by atoms with Crippen molar-refractivity contribution in [2.75, 3.05) is 4.90 Å². The molecule has 0 N–H and O–H groups in total. The van der Waals surface area contributed by atoms with Crippen molar-refractivity contribution in [3.63, 3.8) is 0 Å². The highest BCUT2D eigenvalue weighted by atomic mass is 16.3. The molecule has 47 heavy (non-hydrogen) atoms. The summed E-state index contributed by atoms with van der Waals surface area (Å²) in [5.74, 6) is 0.759. The molecule has 10 aromatic rings. The summed E-state index contributed by atoms with van der Waals surface area (Å²) < 4.78 is 12.7. The highest BCUT2D eigenvalue weighted by Gasteiger charge is 2.19. The Balaban J connectivity index is 1.13. The van der Waals surface area contributed by atoms with Gasteiger partial charge in [0.25, 0.3) is 0 Å². The highest BCUT2D eigenvalue weighted by Crippen LogP contribution is 2.40. The number of para-hydroxylation sites is 1. The summed E-state index contributed by atoms with van der Waals surface area (Å²) in [6.45, 7) is 0. The summed E-state index contributed by atoms with van der Waals surface area (Å²) in [7, 11) is 0. The first-order valence-corrected chi connectivity index (χ1v) is 15.8. The first kappa shape index (κ1) is 25.9. The lowest BCUT2D eigenvalue weighted by atomic mass is 10.0. The minimum absolute atomic E-state index is 0.607. The third-order valence-corrected chi connectivity index (χ3v) is 9.25. The van der Waals surface area contributed by atoms with Crippen LogP contribution in [0.15, 0.2) is 167 Å². The molecule has 0 saturated carbocycles. The zero-order chi connectivity index (χ0) is 30.9. The molecule has 4 nitrogen and oxygen atoms in total. The van der Waals surface area contributed by atoms with Crippen LogP contribution in [0.4, 0.5) is 17.2 Å². The summed E-state index contributed by atoms with van der Waals surface area (Å²) in [5.41, 5.74) is 7.41. The second-order valence-electron chi connectivity index (χ2n) is 12.0. The van der Waals surface area contributed by atoms with Crippen molar-refractivity contribution in [2.45, 2.75) is 0 Å². The van der Waals surface area contributed by atoms with Gasteiger partial charge in [-0.05, 0) is 93.3 Å². The van der Waals surface area contributed by atoms with Crippen molar-refractivity contribution in [1.29, 1.82) is 0 Å². The zero-order valence-electron chi connectivity index (χ0n) is 25.2. The van der Waals surface area contributed by atoms with Gasteiger partial charge in [-0.1, -0.05) is 91.0 Å². The number of benzene rings is 7. The minimum atomic E-state index is 0.607. The minimum Gasteiger partial charge on any atom is -0.456 e. The zero-order valence-corrected chi connectivity index (χ0v) is 25.2. The molecule has 0 atom stereocenters. The van der Waals surface area contributed by atoms with E-state index in [2.05, 4.69) is 144 Å². The van der Waals surface area contributed by atoms with Crippen LogP contribution in [0.25, 0.3) is 76.7 Å². The molecule has 3 aromatic heterocycles. The summed E-state index contributed by atoms with van der Waals surface area (Å²) in [6.07, 6.45) is 0. The van der Waals surface area contributed by atoms with E-state index in [-0.39, 0.29) is 0 Å². The molecule has 0 saturated heterocycles. The number of fused-ring (bicyclic) bond motifs is 8. The van der Waals surface area contributed by atoms with E-state index in [0.29, 0.717) is 5.71 Å². The van der Waals surface area contributed by atoms with Crippen molar-refractivity contribution in [3.8, 4) is 11.1 Å². The average molecular weight is 603 g/mol. The fourth-order valence-electron chi connectivity index (χ4n) is 6.90. The number of nitrogens with zero attached hydrogens (tertiary/aromatic N) is 2. The Bertz CT molecular complexity index is 2810. The van der Waals surface area contributed by atoms with E-state index in [9.17, 15) is 0 Å². The van der Waals surface area contributed by atoms with E-state index in [1.165, 1.54) is 21.7 Å². The Morgan fingerprint density at radius 3 is 1.87 bits per heavy atom. The lowest BCUT2D eigenvalue weighted by Gasteiger charge is -2.24. The normalized spacial score (nSPS) is 11.8. The second kappa shape index (κ2) is 10.1. The SMILES string of the molecule is c1ccc2cc(-c3ccc(N(c4ccc5c(c4)oc4ccccc45)c4ccc5c(n4)oc4cc6ccccc6cc45)cc3)ccc2c1. The van der Waals surface area contributed by atoms with Crippen molar-refractivity contribution >= 4 is 82.7 Å². The third-order valence-electron chi connectivity index (χ3n) is 9.25. The standard InChI is InChI=1S/C43H26N2O2/c1-2-8-29-23-32(14-13-27(29)7-1)28-15-17-33(18-16-28)45(34-19-20-36-35-11-5-6-12-39(35)46-41(36)26-34)42-22-21-37-38-24-30-9-3-4-10-31(30)25-40(38)47-43(37)44-42/h1-26H. The van der Waals surface area contributed by atoms with Crippen molar-refractivity contribution in [3.05, 3.63) is 158 Å². The Morgan fingerprint density at radius 2 is 1.02 bits per heavy atom. The van der Waals surface area contributed by atoms with E-state index in [1.54, 1.807) is 0 Å². The molecule has 0 spiro atoms. The molecule has 220 valence electrons. The molecule has 0 amide bonds. The van der Waals surface area contributed by atoms with Crippen LogP contribution in [-0.4, -0.2) is 4.98 Å². The van der Waals surface area contributed by atoms with Gasteiger partial charge >= 0.3 is 0 Å². The molecule has 10 rings (SSSR count). The highest BCUT2D eigenvalue weighted by molar-refractivity contribution is 6.10. The van der Waals surface area contributed by atoms with E-state index in [1.807, 2.05) is 18.2 Å². The predicted octanol–water partition coefficient (Wildman–Crippen LogP) is 12.3. The molecule has 0 aliphatic carbocycles. The molecular formula is C43H26N2O2. The summed E-state index contributed by atoms with van der Waals surface area (Å²) >= 11 is 0. The van der Waals surface area contributed by atoms with E-state index in [0.717, 1.165) is 66.4 Å². The molecule has 0 aliphatic rings. The maximum absolute atomic E-state index is 6.39. The van der Waals surface area contributed by atoms with Crippen LogP contribution in [0.2, 0.25) is 0 Å². The van der Waals surface area contributed by atoms with E-state index in [4.69, 9.17) is 13.8 Å². The fraction of sp³-hybridized carbons (Fsp3) is 0. The second-order valence-corrected chi connectivity index (χ2v) is 12.0. The molecule has 0 bridgehead atoms. The first-order chi connectivity index (χ1) is 23.2. The number of aromatic nitrogens is 1. The van der Waals surface area contributed by atoms with Gasteiger partial charge < -0.3 is 8.83 Å². The summed E-state index contributed by atoms with van der Waals surface area (Å²) in [5, 5.41) is 9.04. The molecule has 0 aliphatic heterocycles. The smallest absolute Gasteiger partial charge is 0.229 e. The van der Waals surface area contributed by atoms with Crippen LogP contribution in [-0.2, 0) is 0 Å². The van der Waals surface area contributed by atoms with Crippen LogP contribution in [0, 0.1) is 0 Å². The molecule has 0 fully saturated rings. The maximum atomic E-state index is 6.39. The Morgan fingerprint density at radius 1 is 0.383 bits per heavy atom. The van der Waals surface area contributed by atoms with Crippen molar-refractivity contribution in [1.82, 2.24) is 4.98 Å². The summed E-state index contributed by atoms with van der Waals surface area (Å²) in [4.78, 5) is 7.29. The van der Waals surface area contributed by atoms with Crippen molar-refractivity contribution < 1.29 is 8.83 Å². The molecule has 0 unspecified atom stereocenters. The van der Waals surface area contributed by atoms with Crippen LogP contribution < -0.4 is 4.90 Å². The third kappa shape index (κ3) is 4.19. The Labute approximate surface area is 269 Å². The number of rotatable bonds is 4. The van der Waals surface area contributed by atoms with Crippen LogP contribution in [0.5, 0.6) is 0 Å². The molecule has 4 heteroatoms. The van der Waals surface area contributed by atoms with E-state index < -0.39 is 0 Å². The molecule has 3 heterocycles. The number of furan rings is 2. The lowest BCUT2D eigenvalue weighted by molar-refractivity contribution is 0.655. The Hall–Kier alpha value is -6.39. The van der Waals surface area contributed by atoms with E-state index >= 15 is 0 Å². The number of hydrogen-bond donors (Lipinski definition) is 0. The van der Waals surface area contributed by atoms with Crippen molar-refractivity contribution in [2.24, 2.45) is 0 Å². The summed E-state index contributed by atoms with van der Waals surface area (Å²) in [6, 6.07) is 55.1. The van der Waals surface area contributed by atoms with Gasteiger partial charge in [0, 0.05) is 33.3 Å². The molecule has 0 radical (unpaired) electrons. The van der Waals surface area contributed by atoms with Gasteiger partial charge in [-0.25, -0.2) is 0 Å². The topological polar surface area (TPSA) is 42.4 Å². The van der Waals surface area contributed by atoms with Gasteiger partial charge in [-0.2, -0.15) is 4.98 Å².